The molecule has 0 aliphatic carbocycles. The Balaban J connectivity index is 2.68. The number of hydrogen-bond acceptors (Lipinski definition) is 4. The van der Waals surface area contributed by atoms with Crippen molar-refractivity contribution >= 4 is 0 Å². The number of rotatable bonds is 4. The van der Waals surface area contributed by atoms with Crippen LogP contribution in [0.25, 0.3) is 11.4 Å². The molecule has 0 N–H and O–H groups in total. The highest BCUT2D eigenvalue weighted by Gasteiger charge is 2.19. The molecular weight excluding hydrogens is 242 g/mol. The van der Waals surface area contributed by atoms with Gasteiger partial charge >= 0.3 is 0 Å². The average molecular weight is 261 g/mol. The van der Waals surface area contributed by atoms with E-state index in [1.165, 1.54) is 0 Å². The first-order chi connectivity index (χ1) is 9.10. The molecule has 0 spiro atoms. The lowest BCUT2D eigenvalue weighted by Crippen LogP contribution is -2.00. The lowest BCUT2D eigenvalue weighted by atomic mass is 10.1. The van der Waals surface area contributed by atoms with E-state index in [4.69, 9.17) is 9.47 Å². The van der Waals surface area contributed by atoms with Crippen LogP contribution in [0.4, 0.5) is 0 Å². The zero-order valence-electron chi connectivity index (χ0n) is 12.0. The van der Waals surface area contributed by atoms with Gasteiger partial charge in [-0.15, -0.1) is 0 Å². The van der Waals surface area contributed by atoms with Gasteiger partial charge < -0.3 is 9.47 Å². The van der Waals surface area contributed by atoms with Crippen LogP contribution >= 0.6 is 0 Å². The Morgan fingerprint density at radius 2 is 1.74 bits per heavy atom. The van der Waals surface area contributed by atoms with Gasteiger partial charge in [-0.05, 0) is 24.6 Å². The standard InChI is InChI=1S/C14H19N3O2/c1-6-12-15-14(17(3)16-12)13-10(18-4)7-9(2)8-11(13)19-5/h7-8H,6H2,1-5H3. The van der Waals surface area contributed by atoms with Crippen molar-refractivity contribution in [3.63, 3.8) is 0 Å². The number of aromatic nitrogens is 3. The van der Waals surface area contributed by atoms with Crippen molar-refractivity contribution in [1.82, 2.24) is 14.8 Å². The molecule has 0 atom stereocenters. The van der Waals surface area contributed by atoms with E-state index in [0.29, 0.717) is 0 Å². The molecule has 5 heteroatoms. The minimum Gasteiger partial charge on any atom is -0.496 e. The van der Waals surface area contributed by atoms with Gasteiger partial charge in [-0.1, -0.05) is 6.92 Å². The Hall–Kier alpha value is -2.04. The molecule has 1 heterocycles. The lowest BCUT2D eigenvalue weighted by molar-refractivity contribution is 0.396. The zero-order chi connectivity index (χ0) is 14.0. The molecule has 5 nitrogen and oxygen atoms in total. The molecule has 102 valence electrons. The quantitative estimate of drug-likeness (QED) is 0.847. The molecule has 0 fully saturated rings. The predicted octanol–water partition coefficient (Wildman–Crippen LogP) is 2.37. The fourth-order valence-electron chi connectivity index (χ4n) is 2.07. The number of methoxy groups -OCH3 is 2. The summed E-state index contributed by atoms with van der Waals surface area (Å²) in [6, 6.07) is 3.94. The molecule has 0 bridgehead atoms. The van der Waals surface area contributed by atoms with Gasteiger partial charge in [-0.2, -0.15) is 5.10 Å². The second-order valence-electron chi connectivity index (χ2n) is 4.37. The van der Waals surface area contributed by atoms with Crippen LogP contribution in [0, 0.1) is 6.92 Å². The maximum atomic E-state index is 5.46. The monoisotopic (exact) mass is 261 g/mol. The molecular formula is C14H19N3O2. The van der Waals surface area contributed by atoms with Gasteiger partial charge in [0.05, 0.1) is 14.2 Å². The normalized spacial score (nSPS) is 10.6. The maximum absolute atomic E-state index is 5.46. The van der Waals surface area contributed by atoms with E-state index in [-0.39, 0.29) is 0 Å². The van der Waals surface area contributed by atoms with Gasteiger partial charge in [-0.25, -0.2) is 9.67 Å². The summed E-state index contributed by atoms with van der Waals surface area (Å²) in [5.41, 5.74) is 1.92. The molecule has 19 heavy (non-hydrogen) atoms. The summed E-state index contributed by atoms with van der Waals surface area (Å²) in [6.07, 6.45) is 0.796. The summed E-state index contributed by atoms with van der Waals surface area (Å²) in [5.74, 6) is 3.05. The fraction of sp³-hybridized carbons (Fsp3) is 0.429. The van der Waals surface area contributed by atoms with Gasteiger partial charge in [0.1, 0.15) is 17.1 Å². The van der Waals surface area contributed by atoms with E-state index in [1.54, 1.807) is 18.9 Å². The third-order valence-electron chi connectivity index (χ3n) is 3.00. The van der Waals surface area contributed by atoms with Crippen LogP contribution in [-0.2, 0) is 13.5 Å². The van der Waals surface area contributed by atoms with Crippen molar-refractivity contribution in [3.05, 3.63) is 23.5 Å². The third-order valence-corrected chi connectivity index (χ3v) is 3.00. The third kappa shape index (κ3) is 2.41. The Bertz CT molecular complexity index is 565. The number of aryl methyl sites for hydroxylation is 3. The Morgan fingerprint density at radius 3 is 2.16 bits per heavy atom. The molecule has 0 aliphatic rings. The van der Waals surface area contributed by atoms with E-state index < -0.39 is 0 Å². The van der Waals surface area contributed by atoms with E-state index in [0.717, 1.165) is 40.7 Å². The molecule has 0 aliphatic heterocycles. The molecule has 0 amide bonds. The van der Waals surface area contributed by atoms with Crippen LogP contribution in [0.1, 0.15) is 18.3 Å². The van der Waals surface area contributed by atoms with Gasteiger partial charge in [0.15, 0.2) is 11.6 Å². The van der Waals surface area contributed by atoms with Gasteiger partial charge in [0.2, 0.25) is 0 Å². The van der Waals surface area contributed by atoms with Crippen molar-refractivity contribution < 1.29 is 9.47 Å². The van der Waals surface area contributed by atoms with Crippen LogP contribution < -0.4 is 9.47 Å². The van der Waals surface area contributed by atoms with Crippen LogP contribution in [0.2, 0.25) is 0 Å². The minimum absolute atomic E-state index is 0.745. The highest BCUT2D eigenvalue weighted by atomic mass is 16.5. The molecule has 1 aromatic carbocycles. The first-order valence-electron chi connectivity index (χ1n) is 6.23. The van der Waals surface area contributed by atoms with Crippen LogP contribution in [0.3, 0.4) is 0 Å². The largest absolute Gasteiger partial charge is 0.496 e. The topological polar surface area (TPSA) is 49.2 Å². The summed E-state index contributed by atoms with van der Waals surface area (Å²) in [4.78, 5) is 4.54. The van der Waals surface area contributed by atoms with Gasteiger partial charge in [-0.3, -0.25) is 0 Å². The molecule has 0 radical (unpaired) electrons. The van der Waals surface area contributed by atoms with Crippen molar-refractivity contribution in [3.8, 4) is 22.9 Å². The number of ether oxygens (including phenoxy) is 2. The first kappa shape index (κ1) is 13.4. The molecule has 2 rings (SSSR count). The van der Waals surface area contributed by atoms with Crippen molar-refractivity contribution in [2.24, 2.45) is 7.05 Å². The SMILES string of the molecule is CCc1nc(-c2c(OC)cc(C)cc2OC)n(C)n1. The van der Waals surface area contributed by atoms with Crippen LogP contribution in [0.5, 0.6) is 11.5 Å². The number of nitrogens with zero attached hydrogens (tertiary/aromatic N) is 3. The van der Waals surface area contributed by atoms with E-state index in [9.17, 15) is 0 Å². The maximum Gasteiger partial charge on any atom is 0.165 e. The highest BCUT2D eigenvalue weighted by Crippen LogP contribution is 2.38. The summed E-state index contributed by atoms with van der Waals surface area (Å²) in [7, 11) is 5.17. The predicted molar refractivity (Wildman–Crippen MR) is 73.7 cm³/mol. The number of hydrogen-bond donors (Lipinski definition) is 0. The molecule has 0 saturated heterocycles. The lowest BCUT2D eigenvalue weighted by Gasteiger charge is -2.13. The van der Waals surface area contributed by atoms with E-state index >= 15 is 0 Å². The number of benzene rings is 1. The highest BCUT2D eigenvalue weighted by molar-refractivity contribution is 5.73. The van der Waals surface area contributed by atoms with Crippen molar-refractivity contribution in [2.75, 3.05) is 14.2 Å². The van der Waals surface area contributed by atoms with Gasteiger partial charge in [0.25, 0.3) is 0 Å². The van der Waals surface area contributed by atoms with Crippen LogP contribution in [-0.4, -0.2) is 29.0 Å². The molecule has 1 aromatic heterocycles. The van der Waals surface area contributed by atoms with Gasteiger partial charge in [0, 0.05) is 13.5 Å². The van der Waals surface area contributed by atoms with Crippen LogP contribution in [0.15, 0.2) is 12.1 Å². The molecule has 0 unspecified atom stereocenters. The van der Waals surface area contributed by atoms with E-state index in [1.807, 2.05) is 33.0 Å². The average Bonchev–Trinajstić information content (AvgIpc) is 2.78. The molecule has 0 saturated carbocycles. The van der Waals surface area contributed by atoms with E-state index in [2.05, 4.69) is 10.1 Å². The Labute approximate surface area is 113 Å². The molecule has 2 aromatic rings. The summed E-state index contributed by atoms with van der Waals surface area (Å²) in [5, 5.41) is 4.37. The Morgan fingerprint density at radius 1 is 1.16 bits per heavy atom. The smallest absolute Gasteiger partial charge is 0.165 e. The summed E-state index contributed by atoms with van der Waals surface area (Å²) in [6.45, 7) is 4.03. The Kier molecular flexibility index (Phi) is 3.74. The van der Waals surface area contributed by atoms with Crippen molar-refractivity contribution in [2.45, 2.75) is 20.3 Å². The zero-order valence-corrected chi connectivity index (χ0v) is 12.0. The second-order valence-corrected chi connectivity index (χ2v) is 4.37. The summed E-state index contributed by atoms with van der Waals surface area (Å²) >= 11 is 0. The summed E-state index contributed by atoms with van der Waals surface area (Å²) < 4.78 is 12.7. The minimum atomic E-state index is 0.745. The fourth-order valence-corrected chi connectivity index (χ4v) is 2.07. The van der Waals surface area contributed by atoms with Crippen molar-refractivity contribution in [1.29, 1.82) is 0 Å². The second kappa shape index (κ2) is 5.30. The first-order valence-corrected chi connectivity index (χ1v) is 6.23.